The standard InChI is InChI=1S/C18H20N4S/c1-3-19-18(23)21-20-12-13-9-10-17-15(11-13)14-7-5-6-8-16(14)22(17)4-2/h5-12H,3-4H2,1-2H3,(H2,19,21,23)/b20-12-. The van der Waals surface area contributed by atoms with Crippen LogP contribution >= 0.6 is 12.2 Å². The molecule has 0 saturated heterocycles. The van der Waals surface area contributed by atoms with Crippen LogP contribution in [0.3, 0.4) is 0 Å². The molecule has 5 heteroatoms. The molecule has 0 aliphatic heterocycles. The first-order valence-corrected chi connectivity index (χ1v) is 8.23. The van der Waals surface area contributed by atoms with E-state index in [9.17, 15) is 0 Å². The predicted molar refractivity (Wildman–Crippen MR) is 102 cm³/mol. The molecule has 0 unspecified atom stereocenters. The molecule has 0 fully saturated rings. The van der Waals surface area contributed by atoms with Gasteiger partial charge in [-0.2, -0.15) is 5.10 Å². The van der Waals surface area contributed by atoms with Crippen molar-refractivity contribution in [3.05, 3.63) is 48.0 Å². The smallest absolute Gasteiger partial charge is 0.186 e. The number of benzene rings is 2. The summed E-state index contributed by atoms with van der Waals surface area (Å²) in [6, 6.07) is 14.9. The number of hydrazone groups is 1. The fourth-order valence-corrected chi connectivity index (χ4v) is 3.05. The maximum absolute atomic E-state index is 5.09. The molecule has 3 rings (SSSR count). The van der Waals surface area contributed by atoms with Crippen LogP contribution in [-0.4, -0.2) is 22.4 Å². The average molecular weight is 324 g/mol. The molecule has 0 amide bonds. The van der Waals surface area contributed by atoms with Gasteiger partial charge in [0.2, 0.25) is 0 Å². The first-order chi connectivity index (χ1) is 11.2. The SMILES string of the molecule is CCNC(=S)N/N=C\c1ccc2c(c1)c1ccccc1n2CC. The molecule has 4 nitrogen and oxygen atoms in total. The molecule has 0 radical (unpaired) electrons. The fourth-order valence-electron chi connectivity index (χ4n) is 2.86. The van der Waals surface area contributed by atoms with Gasteiger partial charge in [0.05, 0.1) is 6.21 Å². The molecule has 0 aliphatic carbocycles. The van der Waals surface area contributed by atoms with Crippen molar-refractivity contribution in [2.75, 3.05) is 6.54 Å². The first kappa shape index (κ1) is 15.5. The van der Waals surface area contributed by atoms with Crippen LogP contribution in [0.1, 0.15) is 19.4 Å². The minimum Gasteiger partial charge on any atom is -0.362 e. The van der Waals surface area contributed by atoms with Crippen molar-refractivity contribution in [1.82, 2.24) is 15.3 Å². The third-order valence-corrected chi connectivity index (χ3v) is 4.07. The number of rotatable bonds is 4. The Bertz CT molecular complexity index is 879. The van der Waals surface area contributed by atoms with Crippen molar-refractivity contribution in [2.45, 2.75) is 20.4 Å². The van der Waals surface area contributed by atoms with E-state index in [2.05, 4.69) is 69.8 Å². The second-order valence-electron chi connectivity index (χ2n) is 5.27. The summed E-state index contributed by atoms with van der Waals surface area (Å²) in [5, 5.41) is 10.2. The van der Waals surface area contributed by atoms with Crippen molar-refractivity contribution in [1.29, 1.82) is 0 Å². The van der Waals surface area contributed by atoms with E-state index in [1.165, 1.54) is 21.8 Å². The minimum absolute atomic E-state index is 0.535. The largest absolute Gasteiger partial charge is 0.362 e. The summed E-state index contributed by atoms with van der Waals surface area (Å²) in [6.07, 6.45) is 1.79. The van der Waals surface area contributed by atoms with Crippen LogP contribution < -0.4 is 10.7 Å². The number of para-hydroxylation sites is 1. The Balaban J connectivity index is 1.97. The van der Waals surface area contributed by atoms with Gasteiger partial charge in [0.1, 0.15) is 0 Å². The van der Waals surface area contributed by atoms with Crippen molar-refractivity contribution >= 4 is 45.4 Å². The zero-order valence-electron chi connectivity index (χ0n) is 13.3. The number of aryl methyl sites for hydroxylation is 1. The second-order valence-corrected chi connectivity index (χ2v) is 5.68. The van der Waals surface area contributed by atoms with E-state index in [1.54, 1.807) is 6.21 Å². The Morgan fingerprint density at radius 3 is 2.70 bits per heavy atom. The Kier molecular flexibility index (Phi) is 4.57. The number of hydrogen-bond acceptors (Lipinski definition) is 2. The van der Waals surface area contributed by atoms with Gasteiger partial charge in [0.15, 0.2) is 5.11 Å². The van der Waals surface area contributed by atoms with Gasteiger partial charge in [-0.1, -0.05) is 24.3 Å². The van der Waals surface area contributed by atoms with E-state index < -0.39 is 0 Å². The van der Waals surface area contributed by atoms with Gasteiger partial charge in [-0.15, -0.1) is 0 Å². The summed E-state index contributed by atoms with van der Waals surface area (Å²) >= 11 is 5.09. The van der Waals surface area contributed by atoms with Crippen molar-refractivity contribution < 1.29 is 0 Å². The lowest BCUT2D eigenvalue weighted by molar-refractivity contribution is 0.827. The Hall–Kier alpha value is -2.40. The molecule has 23 heavy (non-hydrogen) atoms. The van der Waals surface area contributed by atoms with Gasteiger partial charge in [-0.3, -0.25) is 5.43 Å². The van der Waals surface area contributed by atoms with E-state index in [0.29, 0.717) is 5.11 Å². The van der Waals surface area contributed by atoms with E-state index in [4.69, 9.17) is 12.2 Å². The quantitative estimate of drug-likeness (QED) is 0.437. The minimum atomic E-state index is 0.535. The number of thiocarbonyl (C=S) groups is 1. The zero-order valence-corrected chi connectivity index (χ0v) is 14.2. The van der Waals surface area contributed by atoms with Crippen molar-refractivity contribution in [3.8, 4) is 0 Å². The highest BCUT2D eigenvalue weighted by Gasteiger charge is 2.08. The van der Waals surface area contributed by atoms with Crippen LogP contribution in [0.25, 0.3) is 21.8 Å². The Labute approximate surface area is 141 Å². The number of nitrogens with zero attached hydrogens (tertiary/aromatic N) is 2. The lowest BCUT2D eigenvalue weighted by Crippen LogP contribution is -2.31. The van der Waals surface area contributed by atoms with Crippen LogP contribution in [0.5, 0.6) is 0 Å². The van der Waals surface area contributed by atoms with Crippen molar-refractivity contribution in [2.24, 2.45) is 5.10 Å². The predicted octanol–water partition coefficient (Wildman–Crippen LogP) is 3.63. The summed E-state index contributed by atoms with van der Waals surface area (Å²) < 4.78 is 2.34. The van der Waals surface area contributed by atoms with Crippen LogP contribution in [0.15, 0.2) is 47.6 Å². The molecule has 0 atom stereocenters. The molecule has 1 heterocycles. The van der Waals surface area contributed by atoms with Crippen molar-refractivity contribution in [3.63, 3.8) is 0 Å². The second kappa shape index (κ2) is 6.79. The van der Waals surface area contributed by atoms with Gasteiger partial charge in [0, 0.05) is 34.9 Å². The maximum Gasteiger partial charge on any atom is 0.186 e. The summed E-state index contributed by atoms with van der Waals surface area (Å²) in [5.74, 6) is 0. The molecule has 2 N–H and O–H groups in total. The fraction of sp³-hybridized carbons (Fsp3) is 0.222. The monoisotopic (exact) mass is 324 g/mol. The summed E-state index contributed by atoms with van der Waals surface area (Å²) in [7, 11) is 0. The molecular weight excluding hydrogens is 304 g/mol. The molecule has 0 spiro atoms. The topological polar surface area (TPSA) is 41.4 Å². The molecule has 3 aromatic rings. The van der Waals surface area contributed by atoms with E-state index >= 15 is 0 Å². The molecule has 0 saturated carbocycles. The highest BCUT2D eigenvalue weighted by atomic mass is 32.1. The van der Waals surface area contributed by atoms with E-state index in [-0.39, 0.29) is 0 Å². The van der Waals surface area contributed by atoms with Gasteiger partial charge < -0.3 is 9.88 Å². The number of aromatic nitrogens is 1. The van der Waals surface area contributed by atoms with E-state index in [1.807, 2.05) is 6.92 Å². The normalized spacial score (nSPS) is 11.4. The third kappa shape index (κ3) is 3.05. The van der Waals surface area contributed by atoms with Crippen LogP contribution in [0.4, 0.5) is 0 Å². The molecular formula is C18H20N4S. The molecule has 0 bridgehead atoms. The van der Waals surface area contributed by atoms with Gasteiger partial charge in [-0.25, -0.2) is 0 Å². The Morgan fingerprint density at radius 1 is 1.13 bits per heavy atom. The zero-order chi connectivity index (χ0) is 16.2. The average Bonchev–Trinajstić information content (AvgIpc) is 2.88. The van der Waals surface area contributed by atoms with E-state index in [0.717, 1.165) is 18.7 Å². The van der Waals surface area contributed by atoms with Crippen LogP contribution in [0.2, 0.25) is 0 Å². The van der Waals surface area contributed by atoms with Gasteiger partial charge in [0.25, 0.3) is 0 Å². The van der Waals surface area contributed by atoms with Gasteiger partial charge >= 0.3 is 0 Å². The molecule has 118 valence electrons. The Morgan fingerprint density at radius 2 is 1.91 bits per heavy atom. The maximum atomic E-state index is 5.09. The number of fused-ring (bicyclic) bond motifs is 3. The third-order valence-electron chi connectivity index (χ3n) is 3.83. The van der Waals surface area contributed by atoms with Crippen LogP contribution in [0, 0.1) is 0 Å². The summed E-state index contributed by atoms with van der Waals surface area (Å²) in [4.78, 5) is 0. The molecule has 0 aliphatic rings. The number of nitrogens with one attached hydrogen (secondary N) is 2. The molecule has 1 aromatic heterocycles. The lowest BCUT2D eigenvalue weighted by Gasteiger charge is -2.03. The molecule has 2 aromatic carbocycles. The van der Waals surface area contributed by atoms with Gasteiger partial charge in [-0.05, 0) is 49.8 Å². The lowest BCUT2D eigenvalue weighted by atomic mass is 10.1. The highest BCUT2D eigenvalue weighted by Crippen LogP contribution is 2.29. The highest BCUT2D eigenvalue weighted by molar-refractivity contribution is 7.80. The first-order valence-electron chi connectivity index (χ1n) is 7.82. The number of hydrogen-bond donors (Lipinski definition) is 2. The summed E-state index contributed by atoms with van der Waals surface area (Å²) in [6.45, 7) is 5.90. The van der Waals surface area contributed by atoms with Crippen LogP contribution in [-0.2, 0) is 6.54 Å². The summed E-state index contributed by atoms with van der Waals surface area (Å²) in [5.41, 5.74) is 6.38.